The first-order chi connectivity index (χ1) is 14.1. The number of benzene rings is 1. The van der Waals surface area contributed by atoms with Crippen LogP contribution in [0.1, 0.15) is 72.0 Å². The minimum absolute atomic E-state index is 0.0336. The highest BCUT2D eigenvalue weighted by Gasteiger charge is 2.59. The lowest BCUT2D eigenvalue weighted by Gasteiger charge is -2.59. The van der Waals surface area contributed by atoms with Gasteiger partial charge in [0.1, 0.15) is 0 Å². The van der Waals surface area contributed by atoms with Crippen molar-refractivity contribution in [1.82, 2.24) is 5.32 Å². The third kappa shape index (κ3) is 2.74. The number of rotatable bonds is 3. The number of fused-ring (bicyclic) bond motifs is 1. The lowest BCUT2D eigenvalue weighted by Crippen LogP contribution is -2.63. The zero-order valence-electron chi connectivity index (χ0n) is 17.2. The molecule has 2 saturated carbocycles. The molecule has 0 radical (unpaired) electrons. The first-order valence-electron chi connectivity index (χ1n) is 11.6. The lowest BCUT2D eigenvalue weighted by molar-refractivity contribution is -0.207. The van der Waals surface area contributed by atoms with E-state index in [1.54, 1.807) is 0 Å². The number of amides is 1. The molecule has 5 aliphatic rings. The molecule has 156 valence electrons. The van der Waals surface area contributed by atoms with E-state index in [0.717, 1.165) is 51.0 Å². The van der Waals surface area contributed by atoms with Gasteiger partial charge in [0.15, 0.2) is 5.79 Å². The zero-order valence-corrected chi connectivity index (χ0v) is 17.2. The highest BCUT2D eigenvalue weighted by Crippen LogP contribution is 2.58. The van der Waals surface area contributed by atoms with Crippen LogP contribution in [0.15, 0.2) is 12.1 Å². The molecular formula is C24H32N2O3. The summed E-state index contributed by atoms with van der Waals surface area (Å²) in [5.74, 6) is 0.626. The second kappa shape index (κ2) is 6.53. The summed E-state index contributed by atoms with van der Waals surface area (Å²) in [6.07, 6.45) is 10.3. The van der Waals surface area contributed by atoms with Gasteiger partial charge in [-0.1, -0.05) is 19.3 Å². The summed E-state index contributed by atoms with van der Waals surface area (Å²) >= 11 is 0. The maximum Gasteiger partial charge on any atom is 0.248 e. The summed E-state index contributed by atoms with van der Waals surface area (Å²) in [5.41, 5.74) is 10.8. The third-order valence-electron chi connectivity index (χ3n) is 8.73. The third-order valence-corrected chi connectivity index (χ3v) is 8.73. The molecule has 6 rings (SSSR count). The topological polar surface area (TPSA) is 73.6 Å². The van der Waals surface area contributed by atoms with E-state index in [2.05, 4.69) is 17.4 Å². The van der Waals surface area contributed by atoms with E-state index in [4.69, 9.17) is 15.2 Å². The summed E-state index contributed by atoms with van der Waals surface area (Å²) in [6.45, 7) is 2.42. The van der Waals surface area contributed by atoms with E-state index < -0.39 is 5.79 Å². The first kappa shape index (κ1) is 18.3. The first-order valence-corrected chi connectivity index (χ1v) is 11.6. The second-order valence-electron chi connectivity index (χ2n) is 10.1. The van der Waals surface area contributed by atoms with Crippen LogP contribution in [-0.2, 0) is 27.7 Å². The molecule has 1 spiro atoms. The van der Waals surface area contributed by atoms with Gasteiger partial charge in [0.25, 0.3) is 0 Å². The van der Waals surface area contributed by atoms with Crippen LogP contribution in [0.5, 0.6) is 0 Å². The Hall–Kier alpha value is -1.43. The van der Waals surface area contributed by atoms with Crippen molar-refractivity contribution in [3.63, 3.8) is 0 Å². The zero-order chi connectivity index (χ0) is 19.6. The van der Waals surface area contributed by atoms with Crippen LogP contribution in [0.2, 0.25) is 0 Å². The van der Waals surface area contributed by atoms with Gasteiger partial charge in [-0.15, -0.1) is 0 Å². The summed E-state index contributed by atoms with van der Waals surface area (Å²) < 4.78 is 12.4. The molecule has 3 unspecified atom stereocenters. The molecule has 3 atom stereocenters. The average Bonchev–Trinajstić information content (AvgIpc) is 3.11. The minimum atomic E-state index is -0.427. The Balaban J connectivity index is 1.50. The van der Waals surface area contributed by atoms with Crippen LogP contribution in [-0.4, -0.2) is 37.5 Å². The van der Waals surface area contributed by atoms with Crippen molar-refractivity contribution in [1.29, 1.82) is 0 Å². The predicted octanol–water partition coefficient (Wildman–Crippen LogP) is 2.83. The van der Waals surface area contributed by atoms with Crippen LogP contribution in [0.25, 0.3) is 0 Å². The summed E-state index contributed by atoms with van der Waals surface area (Å²) in [7, 11) is 0. The van der Waals surface area contributed by atoms with E-state index in [1.165, 1.54) is 36.0 Å². The fourth-order valence-electron chi connectivity index (χ4n) is 7.19. The smallest absolute Gasteiger partial charge is 0.248 e. The van der Waals surface area contributed by atoms with Crippen LogP contribution in [0, 0.1) is 11.8 Å². The lowest BCUT2D eigenvalue weighted by atomic mass is 9.51. The quantitative estimate of drug-likeness (QED) is 0.824. The Morgan fingerprint density at radius 3 is 2.72 bits per heavy atom. The van der Waals surface area contributed by atoms with Crippen molar-refractivity contribution >= 4 is 5.91 Å². The molecule has 2 heterocycles. The highest BCUT2D eigenvalue weighted by molar-refractivity contribution is 5.93. The molecule has 5 nitrogen and oxygen atoms in total. The fraction of sp³-hybridized carbons (Fsp3) is 0.708. The molecule has 3 aliphatic carbocycles. The number of carbonyl (C=O) groups excluding carboxylic acids is 1. The molecule has 2 aliphatic heterocycles. The van der Waals surface area contributed by atoms with Crippen molar-refractivity contribution in [2.24, 2.45) is 17.6 Å². The maximum atomic E-state index is 12.2. The molecule has 29 heavy (non-hydrogen) atoms. The molecule has 5 heteroatoms. The van der Waals surface area contributed by atoms with Crippen LogP contribution < -0.4 is 11.1 Å². The van der Waals surface area contributed by atoms with E-state index in [0.29, 0.717) is 30.7 Å². The average molecular weight is 397 g/mol. The molecule has 4 fully saturated rings. The SMILES string of the molecule is NC(=O)c1cc(CC2CCC2)c2c(c1)C13CCNC(C2)C1CCC1(C3)OCCO1. The van der Waals surface area contributed by atoms with Gasteiger partial charge in [-0.05, 0) is 72.9 Å². The molecule has 3 N–H and O–H groups in total. The Labute approximate surface area is 172 Å². The van der Waals surface area contributed by atoms with Crippen molar-refractivity contribution in [2.45, 2.75) is 75.0 Å². The second-order valence-corrected chi connectivity index (χ2v) is 10.1. The summed E-state index contributed by atoms with van der Waals surface area (Å²) in [4.78, 5) is 12.2. The molecule has 2 bridgehead atoms. The van der Waals surface area contributed by atoms with Crippen LogP contribution >= 0.6 is 0 Å². The molecule has 0 aromatic heterocycles. The van der Waals surface area contributed by atoms with E-state index in [-0.39, 0.29) is 11.3 Å². The van der Waals surface area contributed by atoms with Gasteiger partial charge >= 0.3 is 0 Å². The standard InChI is InChI=1S/C24H32N2O3/c25-22(27)17-11-16(10-15-2-1-3-15)18-13-21-19-4-5-24(28-8-9-29-24)14-23(19,6-7-26-21)20(18)12-17/h11-12,15,19,21,26H,1-10,13-14H2,(H2,25,27). The normalized spacial score (nSPS) is 35.0. The highest BCUT2D eigenvalue weighted by atomic mass is 16.7. The Morgan fingerprint density at radius 2 is 2.00 bits per heavy atom. The number of hydrogen-bond acceptors (Lipinski definition) is 4. The van der Waals surface area contributed by atoms with Crippen molar-refractivity contribution < 1.29 is 14.3 Å². The molecular weight excluding hydrogens is 364 g/mol. The Bertz CT molecular complexity index is 843. The monoisotopic (exact) mass is 396 g/mol. The van der Waals surface area contributed by atoms with Gasteiger partial charge in [-0.2, -0.15) is 0 Å². The predicted molar refractivity (Wildman–Crippen MR) is 110 cm³/mol. The van der Waals surface area contributed by atoms with Crippen LogP contribution in [0.4, 0.5) is 0 Å². The Kier molecular flexibility index (Phi) is 4.13. The van der Waals surface area contributed by atoms with Gasteiger partial charge in [-0.3, -0.25) is 4.79 Å². The van der Waals surface area contributed by atoms with Crippen molar-refractivity contribution in [2.75, 3.05) is 19.8 Å². The van der Waals surface area contributed by atoms with Crippen molar-refractivity contribution in [3.05, 3.63) is 34.4 Å². The maximum absolute atomic E-state index is 12.2. The molecule has 1 amide bonds. The van der Waals surface area contributed by atoms with E-state index in [9.17, 15) is 4.79 Å². The Morgan fingerprint density at radius 1 is 1.17 bits per heavy atom. The number of nitrogens with two attached hydrogens (primary N) is 1. The number of ether oxygens (including phenoxy) is 2. The largest absolute Gasteiger partial charge is 0.366 e. The number of piperidine rings is 1. The minimum Gasteiger partial charge on any atom is -0.366 e. The number of carbonyl (C=O) groups is 1. The molecule has 1 aromatic carbocycles. The number of nitrogens with one attached hydrogen (secondary N) is 1. The summed E-state index contributed by atoms with van der Waals surface area (Å²) in [5, 5.41) is 3.84. The van der Waals surface area contributed by atoms with Gasteiger partial charge < -0.3 is 20.5 Å². The molecule has 1 aromatic rings. The van der Waals surface area contributed by atoms with Gasteiger partial charge in [0.2, 0.25) is 5.91 Å². The van der Waals surface area contributed by atoms with Gasteiger partial charge in [0.05, 0.1) is 13.2 Å². The van der Waals surface area contributed by atoms with Crippen molar-refractivity contribution in [3.8, 4) is 0 Å². The summed E-state index contributed by atoms with van der Waals surface area (Å²) in [6, 6.07) is 4.77. The van der Waals surface area contributed by atoms with E-state index >= 15 is 0 Å². The number of primary amides is 1. The number of hydrogen-bond donors (Lipinski definition) is 2. The van der Waals surface area contributed by atoms with Gasteiger partial charge in [-0.25, -0.2) is 0 Å². The van der Waals surface area contributed by atoms with Crippen LogP contribution in [0.3, 0.4) is 0 Å². The molecule has 2 saturated heterocycles. The van der Waals surface area contributed by atoms with Gasteiger partial charge in [0, 0.05) is 29.9 Å². The van der Waals surface area contributed by atoms with E-state index in [1.807, 2.05) is 0 Å². The fourth-order valence-corrected chi connectivity index (χ4v) is 7.19.